The highest BCUT2D eigenvalue weighted by Crippen LogP contribution is 1.82. The Labute approximate surface area is 72.5 Å². The fourth-order valence-electron chi connectivity index (χ4n) is 0.380. The third kappa shape index (κ3) is 23.1. The number of carboxylic acids is 1. The smallest absolute Gasteiger partial charge is 0.303 e. The summed E-state index contributed by atoms with van der Waals surface area (Å²) in [5.74, 6) is -0.711. The van der Waals surface area contributed by atoms with E-state index in [0.717, 1.165) is 12.8 Å². The molecule has 12 heavy (non-hydrogen) atoms. The van der Waals surface area contributed by atoms with Gasteiger partial charge in [-0.2, -0.15) is 0 Å². The Morgan fingerprint density at radius 2 is 2.00 bits per heavy atom. The Bertz CT molecular complexity index is 112. The maximum atomic E-state index is 9.60. The summed E-state index contributed by atoms with van der Waals surface area (Å²) >= 11 is 0. The Kier molecular flexibility index (Phi) is 14.2. The van der Waals surface area contributed by atoms with E-state index in [2.05, 4.69) is 4.74 Å². The largest absolute Gasteiger partial charge is 0.481 e. The van der Waals surface area contributed by atoms with Crippen molar-refractivity contribution in [2.45, 2.75) is 33.1 Å². The number of rotatable bonds is 5. The van der Waals surface area contributed by atoms with E-state index in [1.54, 1.807) is 0 Å². The van der Waals surface area contributed by atoms with Crippen LogP contribution in [0, 0.1) is 0 Å². The number of hydrogen-bond donors (Lipinski definition) is 1. The highest BCUT2D eigenvalue weighted by atomic mass is 16.5. The average molecular weight is 176 g/mol. The second-order valence-electron chi connectivity index (χ2n) is 2.11. The molecule has 0 fully saturated rings. The van der Waals surface area contributed by atoms with Crippen molar-refractivity contribution in [2.75, 3.05) is 6.61 Å². The van der Waals surface area contributed by atoms with E-state index < -0.39 is 5.97 Å². The van der Waals surface area contributed by atoms with Crippen molar-refractivity contribution in [1.29, 1.82) is 0 Å². The molecule has 0 aromatic rings. The summed E-state index contributed by atoms with van der Waals surface area (Å²) < 4.78 is 4.30. The number of carbonyl (C=O) groups excluding carboxylic acids is 1. The minimum atomic E-state index is -0.711. The molecule has 0 aliphatic heterocycles. The quantitative estimate of drug-likeness (QED) is 0.508. The third-order valence-electron chi connectivity index (χ3n) is 0.854. The predicted molar refractivity (Wildman–Crippen MR) is 44.9 cm³/mol. The lowest BCUT2D eigenvalue weighted by molar-refractivity contribution is -0.137. The van der Waals surface area contributed by atoms with E-state index in [1.807, 2.05) is 13.8 Å². The van der Waals surface area contributed by atoms with Gasteiger partial charge in [-0.25, -0.2) is 0 Å². The van der Waals surface area contributed by atoms with E-state index in [-0.39, 0.29) is 0 Å². The molecule has 0 unspecified atom stereocenters. The van der Waals surface area contributed by atoms with Crippen LogP contribution in [0.5, 0.6) is 0 Å². The summed E-state index contributed by atoms with van der Waals surface area (Å²) in [7, 11) is 0. The van der Waals surface area contributed by atoms with E-state index in [0.29, 0.717) is 19.5 Å². The molecule has 0 radical (unpaired) electrons. The maximum Gasteiger partial charge on any atom is 0.303 e. The van der Waals surface area contributed by atoms with Crippen LogP contribution in [0.25, 0.3) is 0 Å². The molecule has 1 N–H and O–H groups in total. The predicted octanol–water partition coefficient (Wildman–Crippen LogP) is 1.44. The molecule has 0 aliphatic rings. The Hall–Kier alpha value is -1.06. The first-order chi connectivity index (χ1) is 5.68. The number of hydrogen-bond acceptors (Lipinski definition) is 3. The highest BCUT2D eigenvalue weighted by Gasteiger charge is 1.87. The zero-order valence-electron chi connectivity index (χ0n) is 7.58. The van der Waals surface area contributed by atoms with Gasteiger partial charge in [-0.05, 0) is 12.8 Å². The van der Waals surface area contributed by atoms with Gasteiger partial charge in [0.2, 0.25) is 0 Å². The van der Waals surface area contributed by atoms with Gasteiger partial charge in [-0.15, -0.1) is 0 Å². The number of carboxylic acid groups (broad SMARTS) is 1. The number of aliphatic carboxylic acids is 1. The Balaban J connectivity index is 0. The number of ether oxygens (including phenoxy) is 1. The summed E-state index contributed by atoms with van der Waals surface area (Å²) in [6.07, 6.45) is 1.92. The lowest BCUT2D eigenvalue weighted by Gasteiger charge is -1.86. The standard InChI is InChI=1S/2C4H8O2/c1-2-3-6-4-5;1-2-3-4(5)6/h4H,2-3H2,1H3;2-3H2,1H3,(H,5,6). The van der Waals surface area contributed by atoms with Gasteiger partial charge in [-0.1, -0.05) is 13.8 Å². The summed E-state index contributed by atoms with van der Waals surface area (Å²) in [5, 5.41) is 7.91. The van der Waals surface area contributed by atoms with Crippen molar-refractivity contribution in [2.24, 2.45) is 0 Å². The van der Waals surface area contributed by atoms with Crippen LogP contribution < -0.4 is 0 Å². The van der Waals surface area contributed by atoms with Crippen molar-refractivity contribution < 1.29 is 19.4 Å². The maximum absolute atomic E-state index is 9.60. The fraction of sp³-hybridized carbons (Fsp3) is 0.750. The molecule has 0 amide bonds. The van der Waals surface area contributed by atoms with Gasteiger partial charge in [0.15, 0.2) is 0 Å². The molecule has 0 spiro atoms. The first kappa shape index (κ1) is 13.5. The zero-order valence-corrected chi connectivity index (χ0v) is 7.58. The van der Waals surface area contributed by atoms with Crippen molar-refractivity contribution in [1.82, 2.24) is 0 Å². The van der Waals surface area contributed by atoms with Gasteiger partial charge in [0.05, 0.1) is 6.61 Å². The van der Waals surface area contributed by atoms with Crippen molar-refractivity contribution in [3.63, 3.8) is 0 Å². The molecular formula is C8H16O4. The second-order valence-corrected chi connectivity index (χ2v) is 2.11. The Morgan fingerprint density at radius 3 is 2.08 bits per heavy atom. The minimum Gasteiger partial charge on any atom is -0.481 e. The molecule has 4 heteroatoms. The molecule has 0 heterocycles. The van der Waals surface area contributed by atoms with Gasteiger partial charge < -0.3 is 9.84 Å². The van der Waals surface area contributed by atoms with Crippen LogP contribution in [0.4, 0.5) is 0 Å². The Morgan fingerprint density at radius 1 is 1.42 bits per heavy atom. The van der Waals surface area contributed by atoms with Crippen LogP contribution in [0.3, 0.4) is 0 Å². The monoisotopic (exact) mass is 176 g/mol. The van der Waals surface area contributed by atoms with Gasteiger partial charge in [0.25, 0.3) is 6.47 Å². The lowest BCUT2D eigenvalue weighted by atomic mass is 10.4. The summed E-state index contributed by atoms with van der Waals surface area (Å²) in [5.41, 5.74) is 0. The first-order valence-corrected chi connectivity index (χ1v) is 3.96. The molecular weight excluding hydrogens is 160 g/mol. The number of carbonyl (C=O) groups is 2. The van der Waals surface area contributed by atoms with Crippen LogP contribution >= 0.6 is 0 Å². The molecule has 0 saturated carbocycles. The fourth-order valence-corrected chi connectivity index (χ4v) is 0.380. The topological polar surface area (TPSA) is 63.6 Å². The van der Waals surface area contributed by atoms with Crippen LogP contribution in [-0.4, -0.2) is 24.2 Å². The van der Waals surface area contributed by atoms with Crippen LogP contribution in [0.2, 0.25) is 0 Å². The van der Waals surface area contributed by atoms with Gasteiger partial charge >= 0.3 is 5.97 Å². The van der Waals surface area contributed by atoms with Crippen LogP contribution in [0.15, 0.2) is 0 Å². The summed E-state index contributed by atoms with van der Waals surface area (Å²) in [6, 6.07) is 0. The second kappa shape index (κ2) is 12.6. The SMILES string of the molecule is CCCC(=O)O.CCCOC=O. The molecule has 0 aromatic carbocycles. The molecule has 0 atom stereocenters. The molecule has 0 bridgehead atoms. The highest BCUT2D eigenvalue weighted by molar-refractivity contribution is 5.66. The van der Waals surface area contributed by atoms with Crippen LogP contribution in [0.1, 0.15) is 33.1 Å². The van der Waals surface area contributed by atoms with E-state index >= 15 is 0 Å². The van der Waals surface area contributed by atoms with Gasteiger partial charge in [0.1, 0.15) is 0 Å². The van der Waals surface area contributed by atoms with Crippen molar-refractivity contribution in [3.8, 4) is 0 Å². The van der Waals surface area contributed by atoms with Crippen LogP contribution in [-0.2, 0) is 14.3 Å². The molecule has 4 nitrogen and oxygen atoms in total. The first-order valence-electron chi connectivity index (χ1n) is 3.96. The molecule has 0 saturated heterocycles. The zero-order chi connectivity index (χ0) is 9.82. The summed E-state index contributed by atoms with van der Waals surface area (Å²) in [6.45, 7) is 4.80. The summed E-state index contributed by atoms with van der Waals surface area (Å²) in [4.78, 5) is 18.9. The minimum absolute atomic E-state index is 0.292. The van der Waals surface area contributed by atoms with Crippen molar-refractivity contribution >= 4 is 12.4 Å². The van der Waals surface area contributed by atoms with E-state index in [4.69, 9.17) is 5.11 Å². The lowest BCUT2D eigenvalue weighted by Crippen LogP contribution is -1.90. The molecule has 72 valence electrons. The van der Waals surface area contributed by atoms with E-state index in [9.17, 15) is 9.59 Å². The van der Waals surface area contributed by atoms with E-state index in [1.165, 1.54) is 0 Å². The molecule has 0 aliphatic carbocycles. The molecule has 0 rings (SSSR count). The van der Waals surface area contributed by atoms with Crippen molar-refractivity contribution in [3.05, 3.63) is 0 Å². The normalized spacial score (nSPS) is 7.83. The third-order valence-corrected chi connectivity index (χ3v) is 0.854. The van der Waals surface area contributed by atoms with Gasteiger partial charge in [0, 0.05) is 6.42 Å². The average Bonchev–Trinajstić information content (AvgIpc) is 2.02. The van der Waals surface area contributed by atoms with Gasteiger partial charge in [-0.3, -0.25) is 9.59 Å². The molecule has 0 aromatic heterocycles.